The lowest BCUT2D eigenvalue weighted by Gasteiger charge is -2.31. The molecule has 0 saturated heterocycles. The summed E-state index contributed by atoms with van der Waals surface area (Å²) in [6.45, 7) is 12.4. The molecule has 0 aliphatic heterocycles. The summed E-state index contributed by atoms with van der Waals surface area (Å²) in [5.74, 6) is 0.894. The summed E-state index contributed by atoms with van der Waals surface area (Å²) in [6.07, 6.45) is 6.46. The van der Waals surface area contributed by atoms with Gasteiger partial charge in [0.25, 0.3) is 0 Å². The van der Waals surface area contributed by atoms with E-state index in [9.17, 15) is 9.59 Å². The van der Waals surface area contributed by atoms with Gasteiger partial charge in [-0.25, -0.2) is 9.59 Å². The molecular weight excluding hydrogens is 252 g/mol. The van der Waals surface area contributed by atoms with Gasteiger partial charge in [0.1, 0.15) is 0 Å². The summed E-state index contributed by atoms with van der Waals surface area (Å²) in [4.78, 5) is 29.3. The van der Waals surface area contributed by atoms with Crippen LogP contribution in [0.4, 0.5) is 0 Å². The summed E-state index contributed by atoms with van der Waals surface area (Å²) in [5.41, 5.74) is -0.848. The van der Waals surface area contributed by atoms with Crippen molar-refractivity contribution in [2.45, 2.75) is 78.3 Å². The monoisotopic (exact) mass is 280 g/mol. The highest BCUT2D eigenvalue weighted by Gasteiger charge is 2.31. The zero-order valence-electron chi connectivity index (χ0n) is 13.7. The lowest BCUT2D eigenvalue weighted by Crippen LogP contribution is -2.31. The van der Waals surface area contributed by atoms with Crippen molar-refractivity contribution >= 4 is 12.2 Å². The molecule has 2 unspecified atom stereocenters. The highest BCUT2D eigenvalue weighted by molar-refractivity contribution is 5.35. The van der Waals surface area contributed by atoms with E-state index < -0.39 is 11.1 Å². The largest absolute Gasteiger partial charge is 0.235 e. The number of carbonyl (C=O) groups excluding carboxylic acids is 2. The lowest BCUT2D eigenvalue weighted by molar-refractivity contribution is 0.276. The van der Waals surface area contributed by atoms with Crippen molar-refractivity contribution < 1.29 is 9.59 Å². The fraction of sp³-hybridized carbons (Fsp3) is 0.875. The van der Waals surface area contributed by atoms with E-state index in [0.717, 1.165) is 25.7 Å². The third-order valence-corrected chi connectivity index (χ3v) is 3.53. The van der Waals surface area contributed by atoms with E-state index in [1.165, 1.54) is 0 Å². The first-order valence-corrected chi connectivity index (χ1v) is 7.34. The Kier molecular flexibility index (Phi) is 7.63. The standard InChI is InChI=1S/C16H28N2O2/c1-13(2)9-15(5,17-11-19)7-8-16(6,18-12-20)10-14(3)4/h13-14H,7-10H2,1-6H3. The van der Waals surface area contributed by atoms with Gasteiger partial charge in [0.15, 0.2) is 0 Å². The zero-order valence-corrected chi connectivity index (χ0v) is 13.7. The molecule has 4 heteroatoms. The van der Waals surface area contributed by atoms with E-state index in [-0.39, 0.29) is 0 Å². The first-order valence-electron chi connectivity index (χ1n) is 7.34. The molecule has 4 nitrogen and oxygen atoms in total. The Balaban J connectivity index is 4.96. The van der Waals surface area contributed by atoms with Crippen molar-refractivity contribution in [2.24, 2.45) is 21.8 Å². The molecule has 114 valence electrons. The van der Waals surface area contributed by atoms with E-state index in [1.54, 1.807) is 12.2 Å². The molecule has 0 bridgehead atoms. The minimum Gasteiger partial charge on any atom is -0.211 e. The SMILES string of the molecule is CC(C)CC(C)(CCC(C)(CC(C)C)N=C=O)N=C=O. The van der Waals surface area contributed by atoms with E-state index in [4.69, 9.17) is 0 Å². The van der Waals surface area contributed by atoms with E-state index in [0.29, 0.717) is 11.8 Å². The van der Waals surface area contributed by atoms with E-state index >= 15 is 0 Å². The Morgan fingerprint density at radius 2 is 1.10 bits per heavy atom. The van der Waals surface area contributed by atoms with Crippen molar-refractivity contribution in [3.05, 3.63) is 0 Å². The molecule has 20 heavy (non-hydrogen) atoms. The Bertz CT molecular complexity index is 355. The fourth-order valence-electron chi connectivity index (χ4n) is 2.93. The maximum atomic E-state index is 10.7. The molecular formula is C16H28N2O2. The molecule has 0 heterocycles. The minimum atomic E-state index is -0.424. The summed E-state index contributed by atoms with van der Waals surface area (Å²) in [6, 6.07) is 0. The summed E-state index contributed by atoms with van der Waals surface area (Å²) >= 11 is 0. The van der Waals surface area contributed by atoms with Crippen LogP contribution in [0.5, 0.6) is 0 Å². The fourth-order valence-corrected chi connectivity index (χ4v) is 2.93. The molecule has 2 atom stereocenters. The van der Waals surface area contributed by atoms with E-state index in [2.05, 4.69) is 37.7 Å². The minimum absolute atomic E-state index is 0.424. The predicted octanol–water partition coefficient (Wildman–Crippen LogP) is 4.05. The molecule has 0 aliphatic carbocycles. The number of isocyanates is 2. The third kappa shape index (κ3) is 7.37. The van der Waals surface area contributed by atoms with Gasteiger partial charge in [0.05, 0.1) is 11.1 Å². The Morgan fingerprint density at radius 3 is 1.30 bits per heavy atom. The van der Waals surface area contributed by atoms with Crippen molar-refractivity contribution in [1.82, 2.24) is 0 Å². The Hall–Kier alpha value is -1.24. The highest BCUT2D eigenvalue weighted by Crippen LogP contribution is 2.33. The van der Waals surface area contributed by atoms with Gasteiger partial charge in [-0.15, -0.1) is 0 Å². The second kappa shape index (κ2) is 8.14. The molecule has 0 radical (unpaired) electrons. The van der Waals surface area contributed by atoms with Gasteiger partial charge in [-0.3, -0.25) is 0 Å². The van der Waals surface area contributed by atoms with Crippen LogP contribution < -0.4 is 0 Å². The van der Waals surface area contributed by atoms with Gasteiger partial charge in [0.2, 0.25) is 12.2 Å². The van der Waals surface area contributed by atoms with Crippen molar-refractivity contribution in [3.8, 4) is 0 Å². The van der Waals surface area contributed by atoms with Crippen molar-refractivity contribution in [3.63, 3.8) is 0 Å². The van der Waals surface area contributed by atoms with Gasteiger partial charge >= 0.3 is 0 Å². The second-order valence-corrected chi connectivity index (χ2v) is 7.10. The topological polar surface area (TPSA) is 58.9 Å². The van der Waals surface area contributed by atoms with Crippen molar-refractivity contribution in [1.29, 1.82) is 0 Å². The quantitative estimate of drug-likeness (QED) is 0.472. The van der Waals surface area contributed by atoms with Crippen LogP contribution in [-0.2, 0) is 9.59 Å². The number of hydrogen-bond acceptors (Lipinski definition) is 4. The molecule has 0 fully saturated rings. The molecule has 0 N–H and O–H groups in total. The van der Waals surface area contributed by atoms with Crippen LogP contribution in [0, 0.1) is 11.8 Å². The summed E-state index contributed by atoms with van der Waals surface area (Å²) in [7, 11) is 0. The number of rotatable bonds is 9. The number of aliphatic imine (C=N–C) groups is 2. The van der Waals surface area contributed by atoms with Crippen LogP contribution in [0.15, 0.2) is 9.98 Å². The van der Waals surface area contributed by atoms with Crippen LogP contribution in [0.1, 0.15) is 67.2 Å². The van der Waals surface area contributed by atoms with Gasteiger partial charge in [-0.2, -0.15) is 9.98 Å². The average Bonchev–Trinajstić information content (AvgIpc) is 2.25. The Morgan fingerprint density at radius 1 is 0.800 bits per heavy atom. The highest BCUT2D eigenvalue weighted by atomic mass is 16.1. The number of nitrogens with zero attached hydrogens (tertiary/aromatic N) is 2. The predicted molar refractivity (Wildman–Crippen MR) is 81.2 cm³/mol. The Labute approximate surface area is 122 Å². The van der Waals surface area contributed by atoms with Crippen LogP contribution >= 0.6 is 0 Å². The van der Waals surface area contributed by atoms with Gasteiger partial charge < -0.3 is 0 Å². The molecule has 0 aromatic carbocycles. The molecule has 0 spiro atoms. The second-order valence-electron chi connectivity index (χ2n) is 7.10. The normalized spacial score (nSPS) is 17.0. The van der Waals surface area contributed by atoms with Crippen molar-refractivity contribution in [2.75, 3.05) is 0 Å². The van der Waals surface area contributed by atoms with Crippen LogP contribution in [0.25, 0.3) is 0 Å². The number of hydrogen-bond donors (Lipinski definition) is 0. The van der Waals surface area contributed by atoms with Gasteiger partial charge in [-0.05, 0) is 51.4 Å². The van der Waals surface area contributed by atoms with E-state index in [1.807, 2.05) is 13.8 Å². The lowest BCUT2D eigenvalue weighted by atomic mass is 9.80. The molecule has 0 aliphatic rings. The van der Waals surface area contributed by atoms with Gasteiger partial charge in [0, 0.05) is 0 Å². The molecule has 0 rings (SSSR count). The molecule has 0 aromatic rings. The maximum absolute atomic E-state index is 10.7. The zero-order chi connectivity index (χ0) is 15.8. The van der Waals surface area contributed by atoms with Crippen LogP contribution in [-0.4, -0.2) is 23.2 Å². The first kappa shape index (κ1) is 18.8. The van der Waals surface area contributed by atoms with Crippen LogP contribution in [0.3, 0.4) is 0 Å². The molecule has 0 aromatic heterocycles. The molecule has 0 saturated carbocycles. The third-order valence-electron chi connectivity index (χ3n) is 3.53. The average molecular weight is 280 g/mol. The smallest absolute Gasteiger partial charge is 0.211 e. The summed E-state index contributed by atoms with van der Waals surface area (Å²) < 4.78 is 0. The first-order chi connectivity index (χ1) is 9.16. The molecule has 0 amide bonds. The maximum Gasteiger partial charge on any atom is 0.235 e. The summed E-state index contributed by atoms with van der Waals surface area (Å²) in [5, 5.41) is 0. The van der Waals surface area contributed by atoms with Gasteiger partial charge in [-0.1, -0.05) is 27.7 Å². The van der Waals surface area contributed by atoms with Crippen LogP contribution in [0.2, 0.25) is 0 Å².